The Morgan fingerprint density at radius 1 is 1.61 bits per heavy atom. The molecule has 1 aromatic rings. The van der Waals surface area contributed by atoms with Crippen molar-refractivity contribution in [2.45, 2.75) is 20.3 Å². The first kappa shape index (κ1) is 13.0. The molecular formula is C11H15ClN4O2. The van der Waals surface area contributed by atoms with E-state index in [0.29, 0.717) is 17.7 Å². The number of halogens is 1. The Kier molecular flexibility index (Phi) is 3.65. The number of nitrogens with zero attached hydrogens (tertiary/aromatic N) is 4. The van der Waals surface area contributed by atoms with Crippen LogP contribution in [0.4, 0.5) is 11.5 Å². The van der Waals surface area contributed by atoms with Crippen molar-refractivity contribution in [3.8, 4) is 0 Å². The molecule has 98 valence electrons. The van der Waals surface area contributed by atoms with E-state index in [9.17, 15) is 10.1 Å². The van der Waals surface area contributed by atoms with Crippen molar-refractivity contribution < 1.29 is 4.92 Å². The highest BCUT2D eigenvalue weighted by molar-refractivity contribution is 6.28. The van der Waals surface area contributed by atoms with E-state index in [0.717, 1.165) is 19.5 Å². The second-order valence-corrected chi connectivity index (χ2v) is 5.18. The molecule has 1 atom stereocenters. The molecule has 1 aliphatic heterocycles. The molecule has 0 spiro atoms. The number of hydrogen-bond donors (Lipinski definition) is 0. The van der Waals surface area contributed by atoms with Crippen molar-refractivity contribution in [1.29, 1.82) is 0 Å². The first-order valence-electron chi connectivity index (χ1n) is 5.91. The molecule has 1 saturated heterocycles. The van der Waals surface area contributed by atoms with Gasteiger partial charge in [0.2, 0.25) is 11.1 Å². The van der Waals surface area contributed by atoms with Crippen LogP contribution in [0.5, 0.6) is 0 Å². The smallest absolute Gasteiger partial charge is 0.329 e. The monoisotopic (exact) mass is 270 g/mol. The average molecular weight is 271 g/mol. The van der Waals surface area contributed by atoms with Crippen LogP contribution in [-0.4, -0.2) is 28.0 Å². The second-order valence-electron chi connectivity index (χ2n) is 4.84. The largest absolute Gasteiger partial charge is 0.350 e. The van der Waals surface area contributed by atoms with Gasteiger partial charge < -0.3 is 4.90 Å². The molecule has 0 aromatic carbocycles. The molecule has 2 rings (SSSR count). The minimum Gasteiger partial charge on any atom is -0.350 e. The van der Waals surface area contributed by atoms with E-state index in [2.05, 4.69) is 23.8 Å². The Hall–Kier alpha value is -1.43. The quantitative estimate of drug-likeness (QED) is 0.479. The lowest BCUT2D eigenvalue weighted by molar-refractivity contribution is -0.384. The minimum absolute atomic E-state index is 0.0450. The van der Waals surface area contributed by atoms with Gasteiger partial charge in [0.1, 0.15) is 6.20 Å². The summed E-state index contributed by atoms with van der Waals surface area (Å²) in [5.74, 6) is 1.44. The Morgan fingerprint density at radius 2 is 2.33 bits per heavy atom. The Morgan fingerprint density at radius 3 is 2.89 bits per heavy atom. The van der Waals surface area contributed by atoms with Gasteiger partial charge in [0.25, 0.3) is 0 Å². The zero-order valence-electron chi connectivity index (χ0n) is 10.3. The van der Waals surface area contributed by atoms with Gasteiger partial charge in [-0.1, -0.05) is 13.8 Å². The van der Waals surface area contributed by atoms with Crippen LogP contribution in [0, 0.1) is 22.0 Å². The summed E-state index contributed by atoms with van der Waals surface area (Å²) in [6, 6.07) is 0. The topological polar surface area (TPSA) is 72.2 Å². The normalized spacial score (nSPS) is 19.6. The molecule has 18 heavy (non-hydrogen) atoms. The molecule has 0 aliphatic carbocycles. The van der Waals surface area contributed by atoms with Crippen LogP contribution in [0.1, 0.15) is 20.3 Å². The highest BCUT2D eigenvalue weighted by Gasteiger charge is 2.30. The molecule has 6 nitrogen and oxygen atoms in total. The minimum atomic E-state index is -0.464. The molecule has 7 heteroatoms. The zero-order chi connectivity index (χ0) is 13.3. The van der Waals surface area contributed by atoms with Crippen molar-refractivity contribution in [1.82, 2.24) is 9.97 Å². The highest BCUT2D eigenvalue weighted by atomic mass is 35.5. The van der Waals surface area contributed by atoms with Gasteiger partial charge in [-0.25, -0.2) is 4.98 Å². The zero-order valence-corrected chi connectivity index (χ0v) is 11.1. The van der Waals surface area contributed by atoms with Gasteiger partial charge in [-0.2, -0.15) is 4.98 Å². The summed E-state index contributed by atoms with van der Waals surface area (Å²) in [7, 11) is 0. The summed E-state index contributed by atoms with van der Waals surface area (Å²) in [4.78, 5) is 20.1. The van der Waals surface area contributed by atoms with E-state index in [1.165, 1.54) is 6.20 Å². The van der Waals surface area contributed by atoms with E-state index < -0.39 is 4.92 Å². The predicted octanol–water partition coefficient (Wildman–Crippen LogP) is 2.52. The van der Waals surface area contributed by atoms with E-state index in [-0.39, 0.29) is 11.0 Å². The van der Waals surface area contributed by atoms with Gasteiger partial charge >= 0.3 is 5.69 Å². The summed E-state index contributed by atoms with van der Waals surface area (Å²) in [6.07, 6.45) is 2.20. The third-order valence-electron chi connectivity index (χ3n) is 3.38. The van der Waals surface area contributed by atoms with E-state index in [1.807, 2.05) is 4.90 Å². The van der Waals surface area contributed by atoms with Gasteiger partial charge in [-0.15, -0.1) is 0 Å². The summed E-state index contributed by atoms with van der Waals surface area (Å²) in [5, 5.41) is 11.0. The molecule has 1 aromatic heterocycles. The van der Waals surface area contributed by atoms with Crippen molar-refractivity contribution >= 4 is 23.1 Å². The first-order chi connectivity index (χ1) is 8.49. The summed E-state index contributed by atoms with van der Waals surface area (Å²) < 4.78 is 0. The predicted molar refractivity (Wildman–Crippen MR) is 68.9 cm³/mol. The third-order valence-corrected chi connectivity index (χ3v) is 3.57. The number of rotatable bonds is 3. The lowest BCUT2D eigenvalue weighted by Gasteiger charge is -2.18. The van der Waals surface area contributed by atoms with Crippen LogP contribution in [0.2, 0.25) is 5.28 Å². The van der Waals surface area contributed by atoms with Gasteiger partial charge in [0.05, 0.1) is 4.92 Å². The standard InChI is InChI=1S/C11H15ClN4O2/c1-7(2)8-3-4-15(6-8)10-9(16(17)18)5-13-11(12)14-10/h5,7-8H,3-4,6H2,1-2H3. The van der Waals surface area contributed by atoms with Crippen molar-refractivity contribution in [2.75, 3.05) is 18.0 Å². The fourth-order valence-electron chi connectivity index (χ4n) is 2.23. The van der Waals surface area contributed by atoms with Gasteiger partial charge in [0.15, 0.2) is 0 Å². The summed E-state index contributed by atoms with van der Waals surface area (Å²) in [5.41, 5.74) is -0.0798. The molecule has 2 heterocycles. The van der Waals surface area contributed by atoms with Crippen molar-refractivity contribution in [3.63, 3.8) is 0 Å². The molecule has 0 amide bonds. The van der Waals surface area contributed by atoms with Crippen molar-refractivity contribution in [3.05, 3.63) is 21.6 Å². The van der Waals surface area contributed by atoms with Crippen LogP contribution in [0.25, 0.3) is 0 Å². The van der Waals surface area contributed by atoms with E-state index in [1.54, 1.807) is 0 Å². The molecule has 1 unspecified atom stereocenters. The molecule has 0 radical (unpaired) electrons. The molecule has 0 saturated carbocycles. The average Bonchev–Trinajstić information content (AvgIpc) is 2.77. The fourth-order valence-corrected chi connectivity index (χ4v) is 2.36. The Balaban J connectivity index is 2.28. The number of anilines is 1. The molecular weight excluding hydrogens is 256 g/mol. The number of aromatic nitrogens is 2. The molecule has 0 N–H and O–H groups in total. The lowest BCUT2D eigenvalue weighted by Crippen LogP contribution is -2.23. The maximum absolute atomic E-state index is 11.0. The van der Waals surface area contributed by atoms with Crippen LogP contribution in [-0.2, 0) is 0 Å². The van der Waals surface area contributed by atoms with E-state index in [4.69, 9.17) is 11.6 Å². The second kappa shape index (κ2) is 5.06. The summed E-state index contributed by atoms with van der Waals surface area (Å²) >= 11 is 5.73. The van der Waals surface area contributed by atoms with Gasteiger partial charge in [-0.3, -0.25) is 10.1 Å². The maximum Gasteiger partial charge on any atom is 0.329 e. The maximum atomic E-state index is 11.0. The lowest BCUT2D eigenvalue weighted by atomic mass is 9.95. The summed E-state index contributed by atoms with van der Waals surface area (Å²) in [6.45, 7) is 5.88. The van der Waals surface area contributed by atoms with Crippen molar-refractivity contribution in [2.24, 2.45) is 11.8 Å². The SMILES string of the molecule is CC(C)C1CCN(c2nc(Cl)ncc2[N+](=O)[O-])C1. The molecule has 1 fully saturated rings. The highest BCUT2D eigenvalue weighted by Crippen LogP contribution is 2.32. The fraction of sp³-hybridized carbons (Fsp3) is 0.636. The molecule has 0 bridgehead atoms. The van der Waals surface area contributed by atoms with Crippen LogP contribution in [0.3, 0.4) is 0 Å². The Bertz CT molecular complexity index is 466. The molecule has 1 aliphatic rings. The van der Waals surface area contributed by atoms with Crippen LogP contribution >= 0.6 is 11.6 Å². The van der Waals surface area contributed by atoms with E-state index >= 15 is 0 Å². The number of hydrogen-bond acceptors (Lipinski definition) is 5. The first-order valence-corrected chi connectivity index (χ1v) is 6.28. The van der Waals surface area contributed by atoms with Crippen LogP contribution < -0.4 is 4.90 Å². The Labute approximate surface area is 110 Å². The van der Waals surface area contributed by atoms with Gasteiger partial charge in [-0.05, 0) is 29.9 Å². The van der Waals surface area contributed by atoms with Crippen LogP contribution in [0.15, 0.2) is 6.20 Å². The third kappa shape index (κ3) is 2.53. The van der Waals surface area contributed by atoms with Gasteiger partial charge in [0, 0.05) is 13.1 Å². The number of nitro groups is 1.